The Hall–Kier alpha value is -0.370. The lowest BCUT2D eigenvalue weighted by molar-refractivity contribution is -0.108. The lowest BCUT2D eigenvalue weighted by Crippen LogP contribution is -2.34. The zero-order chi connectivity index (χ0) is 8.81. The molecule has 0 aromatic rings. The summed E-state index contributed by atoms with van der Waals surface area (Å²) in [6.45, 7) is 4.24. The van der Waals surface area contributed by atoms with Crippen molar-refractivity contribution in [2.75, 3.05) is 13.1 Å². The van der Waals surface area contributed by atoms with Crippen LogP contribution in [0.2, 0.25) is 0 Å². The fourth-order valence-electron chi connectivity index (χ4n) is 2.09. The number of aldehydes is 1. The van der Waals surface area contributed by atoms with Gasteiger partial charge in [-0.1, -0.05) is 19.8 Å². The minimum atomic E-state index is 0.699. The average Bonchev–Trinajstić information content (AvgIpc) is 2.59. The Labute approximate surface area is 74.9 Å². The van der Waals surface area contributed by atoms with E-state index >= 15 is 0 Å². The van der Waals surface area contributed by atoms with Crippen molar-refractivity contribution in [2.24, 2.45) is 0 Å². The van der Waals surface area contributed by atoms with Crippen molar-refractivity contribution in [3.63, 3.8) is 0 Å². The van der Waals surface area contributed by atoms with Crippen LogP contribution in [-0.4, -0.2) is 30.3 Å². The lowest BCUT2D eigenvalue weighted by atomic mass is 10.2. The highest BCUT2D eigenvalue weighted by atomic mass is 16.1. The first-order chi connectivity index (χ1) is 5.88. The summed E-state index contributed by atoms with van der Waals surface area (Å²) in [6.07, 6.45) is 7.16. The van der Waals surface area contributed by atoms with Crippen molar-refractivity contribution >= 4 is 6.29 Å². The molecule has 12 heavy (non-hydrogen) atoms. The van der Waals surface area contributed by atoms with Gasteiger partial charge in [-0.3, -0.25) is 0 Å². The summed E-state index contributed by atoms with van der Waals surface area (Å²) < 4.78 is 0. The van der Waals surface area contributed by atoms with Crippen LogP contribution in [0.3, 0.4) is 0 Å². The summed E-state index contributed by atoms with van der Waals surface area (Å²) in [6, 6.07) is 0.773. The van der Waals surface area contributed by atoms with Gasteiger partial charge >= 0.3 is 0 Å². The van der Waals surface area contributed by atoms with Crippen LogP contribution < -0.4 is 0 Å². The molecule has 1 aliphatic carbocycles. The van der Waals surface area contributed by atoms with E-state index < -0.39 is 0 Å². The van der Waals surface area contributed by atoms with Gasteiger partial charge in [0, 0.05) is 19.0 Å². The van der Waals surface area contributed by atoms with E-state index in [1.807, 2.05) is 0 Å². The number of hydrogen-bond acceptors (Lipinski definition) is 2. The van der Waals surface area contributed by atoms with Gasteiger partial charge in [-0.15, -0.1) is 0 Å². The van der Waals surface area contributed by atoms with Crippen LogP contribution in [0.5, 0.6) is 0 Å². The number of hydrogen-bond donors (Lipinski definition) is 0. The van der Waals surface area contributed by atoms with E-state index in [9.17, 15) is 4.79 Å². The zero-order valence-corrected chi connectivity index (χ0v) is 7.96. The first-order valence-corrected chi connectivity index (χ1v) is 5.06. The van der Waals surface area contributed by atoms with Crippen molar-refractivity contribution in [3.05, 3.63) is 0 Å². The smallest absolute Gasteiger partial charge is 0.121 e. The molecular formula is C10H19NO. The molecule has 0 bridgehead atoms. The van der Waals surface area contributed by atoms with Crippen molar-refractivity contribution in [1.29, 1.82) is 0 Å². The van der Waals surface area contributed by atoms with E-state index in [0.717, 1.165) is 25.4 Å². The molecule has 0 radical (unpaired) electrons. The lowest BCUT2D eigenvalue weighted by Gasteiger charge is -2.26. The van der Waals surface area contributed by atoms with E-state index in [4.69, 9.17) is 0 Å². The quantitative estimate of drug-likeness (QED) is 0.585. The van der Waals surface area contributed by atoms with Gasteiger partial charge in [0.15, 0.2) is 0 Å². The molecule has 0 spiro atoms. The Morgan fingerprint density at radius 2 is 2.08 bits per heavy atom. The summed E-state index contributed by atoms with van der Waals surface area (Å²) in [5.74, 6) is 0. The van der Waals surface area contributed by atoms with E-state index in [1.54, 1.807) is 0 Å². The number of rotatable bonds is 5. The third kappa shape index (κ3) is 2.59. The first kappa shape index (κ1) is 9.72. The van der Waals surface area contributed by atoms with Crippen LogP contribution in [0, 0.1) is 0 Å². The largest absolute Gasteiger partial charge is 0.303 e. The Bertz CT molecular complexity index is 130. The Kier molecular flexibility index (Phi) is 4.30. The van der Waals surface area contributed by atoms with E-state index in [-0.39, 0.29) is 0 Å². The minimum absolute atomic E-state index is 0.699. The predicted octanol–water partition coefficient (Wildman–Crippen LogP) is 1.84. The van der Waals surface area contributed by atoms with Crippen LogP contribution in [0.4, 0.5) is 0 Å². The minimum Gasteiger partial charge on any atom is -0.303 e. The van der Waals surface area contributed by atoms with Crippen LogP contribution in [0.15, 0.2) is 0 Å². The summed E-state index contributed by atoms with van der Waals surface area (Å²) in [7, 11) is 0. The van der Waals surface area contributed by atoms with Crippen molar-refractivity contribution in [3.8, 4) is 0 Å². The normalized spacial score (nSPS) is 18.8. The molecule has 1 rings (SSSR count). The van der Waals surface area contributed by atoms with Crippen LogP contribution >= 0.6 is 0 Å². The fraction of sp³-hybridized carbons (Fsp3) is 0.900. The Morgan fingerprint density at radius 1 is 1.42 bits per heavy atom. The molecule has 70 valence electrons. The SMILES string of the molecule is CCN(CCC=O)C1CCCC1. The second-order valence-corrected chi connectivity index (χ2v) is 3.52. The first-order valence-electron chi connectivity index (χ1n) is 5.06. The standard InChI is InChI=1S/C10H19NO/c1-2-11(8-5-9-12)10-6-3-4-7-10/h9-10H,2-8H2,1H3. The molecule has 2 nitrogen and oxygen atoms in total. The molecule has 0 amide bonds. The topological polar surface area (TPSA) is 20.3 Å². The highest BCUT2D eigenvalue weighted by molar-refractivity contribution is 5.49. The Morgan fingerprint density at radius 3 is 2.58 bits per heavy atom. The summed E-state index contributed by atoms with van der Waals surface area (Å²) in [4.78, 5) is 12.7. The molecule has 0 heterocycles. The highest BCUT2D eigenvalue weighted by Gasteiger charge is 2.20. The number of carbonyl (C=O) groups excluding carboxylic acids is 1. The molecule has 1 aliphatic rings. The number of nitrogens with zero attached hydrogens (tertiary/aromatic N) is 1. The maximum Gasteiger partial charge on any atom is 0.121 e. The van der Waals surface area contributed by atoms with Gasteiger partial charge in [-0.05, 0) is 19.4 Å². The van der Waals surface area contributed by atoms with Gasteiger partial charge in [0.1, 0.15) is 6.29 Å². The fourth-order valence-corrected chi connectivity index (χ4v) is 2.09. The third-order valence-electron chi connectivity index (χ3n) is 2.78. The molecule has 2 heteroatoms. The van der Waals surface area contributed by atoms with Crippen LogP contribution in [0.25, 0.3) is 0 Å². The molecule has 0 aromatic heterocycles. The van der Waals surface area contributed by atoms with Gasteiger partial charge < -0.3 is 9.69 Å². The molecular weight excluding hydrogens is 150 g/mol. The maximum atomic E-state index is 10.2. The van der Waals surface area contributed by atoms with Crippen LogP contribution in [-0.2, 0) is 4.79 Å². The monoisotopic (exact) mass is 169 g/mol. The summed E-state index contributed by atoms with van der Waals surface area (Å²) in [5, 5.41) is 0. The molecule has 0 aliphatic heterocycles. The average molecular weight is 169 g/mol. The maximum absolute atomic E-state index is 10.2. The Balaban J connectivity index is 2.27. The molecule has 0 aromatic carbocycles. The summed E-state index contributed by atoms with van der Waals surface area (Å²) in [5.41, 5.74) is 0. The van der Waals surface area contributed by atoms with E-state index in [0.29, 0.717) is 6.42 Å². The van der Waals surface area contributed by atoms with E-state index in [1.165, 1.54) is 25.7 Å². The molecule has 0 N–H and O–H groups in total. The molecule has 0 saturated heterocycles. The van der Waals surface area contributed by atoms with Crippen molar-refractivity contribution in [2.45, 2.75) is 45.1 Å². The van der Waals surface area contributed by atoms with Crippen molar-refractivity contribution < 1.29 is 4.79 Å². The van der Waals surface area contributed by atoms with Crippen molar-refractivity contribution in [1.82, 2.24) is 4.90 Å². The molecule has 1 saturated carbocycles. The van der Waals surface area contributed by atoms with Crippen LogP contribution in [0.1, 0.15) is 39.0 Å². The highest BCUT2D eigenvalue weighted by Crippen LogP contribution is 2.23. The second kappa shape index (κ2) is 5.31. The molecule has 0 unspecified atom stereocenters. The summed E-state index contributed by atoms with van der Waals surface area (Å²) >= 11 is 0. The van der Waals surface area contributed by atoms with Gasteiger partial charge in [0.2, 0.25) is 0 Å². The second-order valence-electron chi connectivity index (χ2n) is 3.52. The molecule has 0 atom stereocenters. The van der Waals surface area contributed by atoms with Gasteiger partial charge in [-0.25, -0.2) is 0 Å². The van der Waals surface area contributed by atoms with Gasteiger partial charge in [-0.2, -0.15) is 0 Å². The zero-order valence-electron chi connectivity index (χ0n) is 7.96. The van der Waals surface area contributed by atoms with E-state index in [2.05, 4.69) is 11.8 Å². The third-order valence-corrected chi connectivity index (χ3v) is 2.78. The molecule has 1 fully saturated rings. The predicted molar refractivity (Wildman–Crippen MR) is 50.2 cm³/mol. The number of carbonyl (C=O) groups is 1. The van der Waals surface area contributed by atoms with Gasteiger partial charge in [0.25, 0.3) is 0 Å². The van der Waals surface area contributed by atoms with Gasteiger partial charge in [0.05, 0.1) is 0 Å².